The van der Waals surface area contributed by atoms with Crippen molar-refractivity contribution < 1.29 is 17.9 Å². The molecule has 160 valence electrons. The molecule has 2 aromatic carbocycles. The van der Waals surface area contributed by atoms with Crippen LogP contribution in [0.2, 0.25) is 0 Å². The average molecular weight is 438 g/mol. The van der Waals surface area contributed by atoms with Crippen LogP contribution in [0.4, 0.5) is 0 Å². The third-order valence-electron chi connectivity index (χ3n) is 5.06. The second kappa shape index (κ2) is 8.39. The Morgan fingerprint density at radius 2 is 1.61 bits per heavy atom. The van der Waals surface area contributed by atoms with Crippen LogP contribution in [-0.4, -0.2) is 36.6 Å². The zero-order chi connectivity index (χ0) is 22.0. The highest BCUT2D eigenvalue weighted by Crippen LogP contribution is 2.24. The first-order chi connectivity index (χ1) is 14.9. The fraction of sp³-hybridized carbons (Fsp3) is 0.217. The molecular formula is C23H23N3O4S. The van der Waals surface area contributed by atoms with E-state index in [1.165, 1.54) is 10.2 Å². The van der Waals surface area contributed by atoms with Crippen LogP contribution >= 0.6 is 0 Å². The van der Waals surface area contributed by atoms with Crippen LogP contribution in [0.5, 0.6) is 11.5 Å². The molecule has 4 aromatic rings. The SMILES string of the molecule is COc1cc(CCc2cnc3c(ccn3S(=O)(=O)c3ccc(C)cc3)n2)cc(OC)c1. The Balaban J connectivity index is 1.59. The van der Waals surface area contributed by atoms with Crippen LogP contribution in [0.1, 0.15) is 16.8 Å². The summed E-state index contributed by atoms with van der Waals surface area (Å²) >= 11 is 0. The summed E-state index contributed by atoms with van der Waals surface area (Å²) in [5.41, 5.74) is 3.68. The Hall–Kier alpha value is -3.39. The number of nitrogens with zero attached hydrogens (tertiary/aromatic N) is 3. The quantitative estimate of drug-likeness (QED) is 0.438. The number of hydrogen-bond donors (Lipinski definition) is 0. The molecule has 0 unspecified atom stereocenters. The maximum Gasteiger partial charge on any atom is 0.269 e. The average Bonchev–Trinajstić information content (AvgIpc) is 3.22. The van der Waals surface area contributed by atoms with Gasteiger partial charge in [-0.05, 0) is 55.7 Å². The number of ether oxygens (including phenoxy) is 2. The lowest BCUT2D eigenvalue weighted by atomic mass is 10.1. The van der Waals surface area contributed by atoms with E-state index in [9.17, 15) is 8.42 Å². The van der Waals surface area contributed by atoms with Crippen molar-refractivity contribution in [1.29, 1.82) is 0 Å². The summed E-state index contributed by atoms with van der Waals surface area (Å²) in [6.07, 6.45) is 4.49. The van der Waals surface area contributed by atoms with E-state index in [0.717, 1.165) is 34.7 Å². The fourth-order valence-electron chi connectivity index (χ4n) is 3.35. The molecular weight excluding hydrogens is 414 g/mol. The molecule has 0 N–H and O–H groups in total. The molecule has 0 radical (unpaired) electrons. The van der Waals surface area contributed by atoms with Crippen LogP contribution < -0.4 is 9.47 Å². The van der Waals surface area contributed by atoms with Gasteiger partial charge in [-0.15, -0.1) is 0 Å². The maximum absolute atomic E-state index is 13.0. The minimum atomic E-state index is -3.74. The molecule has 8 heteroatoms. The van der Waals surface area contributed by atoms with Gasteiger partial charge in [-0.3, -0.25) is 0 Å². The molecule has 0 bridgehead atoms. The Morgan fingerprint density at radius 1 is 0.935 bits per heavy atom. The molecule has 0 spiro atoms. The largest absolute Gasteiger partial charge is 0.497 e. The number of benzene rings is 2. The van der Waals surface area contributed by atoms with E-state index in [-0.39, 0.29) is 4.90 Å². The smallest absolute Gasteiger partial charge is 0.269 e. The third kappa shape index (κ3) is 4.25. The molecule has 2 heterocycles. The molecule has 0 aliphatic heterocycles. The van der Waals surface area contributed by atoms with E-state index in [2.05, 4.69) is 9.97 Å². The Bertz CT molecular complexity index is 1310. The van der Waals surface area contributed by atoms with E-state index in [1.54, 1.807) is 50.7 Å². The number of rotatable bonds is 7. The van der Waals surface area contributed by atoms with Gasteiger partial charge in [0.25, 0.3) is 10.0 Å². The van der Waals surface area contributed by atoms with Crippen molar-refractivity contribution in [1.82, 2.24) is 13.9 Å². The summed E-state index contributed by atoms with van der Waals surface area (Å²) in [6, 6.07) is 14.2. The molecule has 0 aliphatic rings. The second-order valence-corrected chi connectivity index (χ2v) is 9.04. The van der Waals surface area contributed by atoms with E-state index in [1.807, 2.05) is 25.1 Å². The lowest BCUT2D eigenvalue weighted by molar-refractivity contribution is 0.393. The molecule has 31 heavy (non-hydrogen) atoms. The van der Waals surface area contributed by atoms with Gasteiger partial charge in [-0.1, -0.05) is 17.7 Å². The van der Waals surface area contributed by atoms with Gasteiger partial charge in [0, 0.05) is 12.3 Å². The highest BCUT2D eigenvalue weighted by Gasteiger charge is 2.20. The van der Waals surface area contributed by atoms with Crippen molar-refractivity contribution in [2.45, 2.75) is 24.7 Å². The highest BCUT2D eigenvalue weighted by molar-refractivity contribution is 7.90. The third-order valence-corrected chi connectivity index (χ3v) is 6.74. The van der Waals surface area contributed by atoms with E-state index >= 15 is 0 Å². The standard InChI is InChI=1S/C23H23N3O4S/c1-16-4-8-21(9-5-16)31(27,28)26-11-10-22-23(26)24-15-18(25-22)7-6-17-12-19(29-2)14-20(13-17)30-3/h4-5,8-15H,6-7H2,1-3H3. The first kappa shape index (κ1) is 20.9. The van der Waals surface area contributed by atoms with Crippen molar-refractivity contribution in [3.05, 3.63) is 77.7 Å². The summed E-state index contributed by atoms with van der Waals surface area (Å²) < 4.78 is 37.8. The number of methoxy groups -OCH3 is 2. The molecule has 0 amide bonds. The van der Waals surface area contributed by atoms with Gasteiger partial charge in [-0.2, -0.15) is 0 Å². The minimum Gasteiger partial charge on any atom is -0.497 e. The Labute approximate surface area is 181 Å². The molecule has 0 fully saturated rings. The van der Waals surface area contributed by atoms with Crippen molar-refractivity contribution in [2.75, 3.05) is 14.2 Å². The number of fused-ring (bicyclic) bond motifs is 1. The number of hydrogen-bond acceptors (Lipinski definition) is 6. The van der Waals surface area contributed by atoms with Crippen LogP contribution in [0, 0.1) is 6.92 Å². The predicted octanol–water partition coefficient (Wildman–Crippen LogP) is 3.78. The lowest BCUT2D eigenvalue weighted by Gasteiger charge is -2.09. The zero-order valence-corrected chi connectivity index (χ0v) is 18.4. The molecule has 4 rings (SSSR count). The summed E-state index contributed by atoms with van der Waals surface area (Å²) in [7, 11) is -0.499. The predicted molar refractivity (Wildman–Crippen MR) is 118 cm³/mol. The van der Waals surface area contributed by atoms with Crippen molar-refractivity contribution in [3.63, 3.8) is 0 Å². The van der Waals surface area contributed by atoms with Crippen LogP contribution in [-0.2, 0) is 22.9 Å². The summed E-state index contributed by atoms with van der Waals surface area (Å²) in [5, 5.41) is 0. The minimum absolute atomic E-state index is 0.216. The van der Waals surface area contributed by atoms with Gasteiger partial charge in [0.1, 0.15) is 17.0 Å². The Kier molecular flexibility index (Phi) is 5.65. The molecule has 0 saturated heterocycles. The number of aromatic nitrogens is 3. The second-order valence-electron chi connectivity index (χ2n) is 7.22. The van der Waals surface area contributed by atoms with Crippen molar-refractivity contribution in [3.8, 4) is 11.5 Å². The highest BCUT2D eigenvalue weighted by atomic mass is 32.2. The molecule has 7 nitrogen and oxygen atoms in total. The van der Waals surface area contributed by atoms with Gasteiger partial charge in [-0.25, -0.2) is 22.4 Å². The van der Waals surface area contributed by atoms with Crippen molar-refractivity contribution in [2.24, 2.45) is 0 Å². The van der Waals surface area contributed by atoms with Gasteiger partial charge in [0.05, 0.1) is 31.0 Å². The van der Waals surface area contributed by atoms with E-state index < -0.39 is 10.0 Å². The normalized spacial score (nSPS) is 11.6. The van der Waals surface area contributed by atoms with E-state index in [4.69, 9.17) is 9.47 Å². The first-order valence-corrected chi connectivity index (χ1v) is 11.2. The van der Waals surface area contributed by atoms with Gasteiger partial charge in [0.15, 0.2) is 5.65 Å². The topological polar surface area (TPSA) is 83.3 Å². The maximum atomic E-state index is 13.0. The van der Waals surface area contributed by atoms with Gasteiger partial charge < -0.3 is 9.47 Å². The monoisotopic (exact) mass is 437 g/mol. The summed E-state index contributed by atoms with van der Waals surface area (Å²) in [5.74, 6) is 1.46. The molecule has 0 saturated carbocycles. The van der Waals surface area contributed by atoms with Gasteiger partial charge in [0.2, 0.25) is 0 Å². The Morgan fingerprint density at radius 3 is 2.26 bits per heavy atom. The summed E-state index contributed by atoms with van der Waals surface area (Å²) in [6.45, 7) is 1.91. The number of aryl methyl sites for hydroxylation is 3. The summed E-state index contributed by atoms with van der Waals surface area (Å²) in [4.78, 5) is 9.23. The molecule has 0 atom stereocenters. The lowest BCUT2D eigenvalue weighted by Crippen LogP contribution is -2.12. The van der Waals surface area contributed by atoms with Crippen LogP contribution in [0.3, 0.4) is 0 Å². The van der Waals surface area contributed by atoms with Crippen molar-refractivity contribution >= 4 is 21.2 Å². The molecule has 2 aromatic heterocycles. The first-order valence-electron chi connectivity index (χ1n) is 9.78. The van der Waals surface area contributed by atoms with E-state index in [0.29, 0.717) is 17.6 Å². The molecule has 0 aliphatic carbocycles. The van der Waals surface area contributed by atoms with Crippen LogP contribution in [0.25, 0.3) is 11.2 Å². The zero-order valence-electron chi connectivity index (χ0n) is 17.6. The van der Waals surface area contributed by atoms with Gasteiger partial charge >= 0.3 is 0 Å². The fourth-order valence-corrected chi connectivity index (χ4v) is 4.64. The van der Waals surface area contributed by atoms with Crippen LogP contribution in [0.15, 0.2) is 65.8 Å².